The Hall–Kier alpha value is -0.760. The number of quaternary nitrogens is 1. The Morgan fingerprint density at radius 2 is 0.914 bits per heavy atom. The van der Waals surface area contributed by atoms with E-state index in [1.54, 1.807) is 6.08 Å². The van der Waals surface area contributed by atoms with Crippen molar-refractivity contribution in [1.82, 2.24) is 5.32 Å². The van der Waals surface area contributed by atoms with Gasteiger partial charge in [-0.15, -0.1) is 0 Å². The number of phosphoric ester groups is 1. The summed E-state index contributed by atoms with van der Waals surface area (Å²) in [6.45, 7) is 4.83. The summed E-state index contributed by atoms with van der Waals surface area (Å²) in [6, 6.07) is -0.839. The van der Waals surface area contributed by atoms with Gasteiger partial charge in [0.25, 0.3) is 0 Å². The maximum absolute atomic E-state index is 12.9. The fourth-order valence-electron chi connectivity index (χ4n) is 7.51. The Kier molecular flexibility index (Phi) is 41.0. The highest BCUT2D eigenvalue weighted by Gasteiger charge is 2.27. The van der Waals surface area contributed by atoms with Gasteiger partial charge >= 0.3 is 7.82 Å². The molecule has 0 aromatic carbocycles. The number of carbonyl (C=O) groups is 1. The zero-order chi connectivity index (χ0) is 42.8. The Morgan fingerprint density at radius 3 is 1.28 bits per heavy atom. The van der Waals surface area contributed by atoms with Gasteiger partial charge in [0.2, 0.25) is 5.91 Å². The van der Waals surface area contributed by atoms with Gasteiger partial charge in [0.05, 0.1) is 39.9 Å². The minimum Gasteiger partial charge on any atom is -0.387 e. The van der Waals surface area contributed by atoms with Crippen LogP contribution in [0.3, 0.4) is 0 Å². The smallest absolute Gasteiger partial charge is 0.387 e. The summed E-state index contributed by atoms with van der Waals surface area (Å²) in [5.41, 5.74) is 0. The number of phosphoric acid groups is 1. The van der Waals surface area contributed by atoms with Crippen LogP contribution >= 0.6 is 7.82 Å². The van der Waals surface area contributed by atoms with Crippen LogP contribution < -0.4 is 5.32 Å². The summed E-state index contributed by atoms with van der Waals surface area (Å²) < 4.78 is 23.6. The number of nitrogens with zero attached hydrogens (tertiary/aromatic N) is 1. The first-order valence-electron chi connectivity index (χ1n) is 25.1. The lowest BCUT2D eigenvalue weighted by molar-refractivity contribution is -0.870. The van der Waals surface area contributed by atoms with Gasteiger partial charge in [0.15, 0.2) is 0 Å². The van der Waals surface area contributed by atoms with Gasteiger partial charge in [-0.1, -0.05) is 231 Å². The second-order valence-corrected chi connectivity index (χ2v) is 20.0. The fraction of sp³-hybridized carbons (Fsp3) is 0.939. The van der Waals surface area contributed by atoms with Crippen molar-refractivity contribution in [1.29, 1.82) is 0 Å². The lowest BCUT2D eigenvalue weighted by Crippen LogP contribution is -2.45. The quantitative estimate of drug-likeness (QED) is 0.0244. The summed E-state index contributed by atoms with van der Waals surface area (Å²) in [6.07, 6.45) is 48.7. The Morgan fingerprint density at radius 1 is 0.569 bits per heavy atom. The highest BCUT2D eigenvalue weighted by Crippen LogP contribution is 2.43. The number of carbonyl (C=O) groups excluding carboxylic acids is 1. The van der Waals surface area contributed by atoms with Crippen LogP contribution in [0.2, 0.25) is 0 Å². The van der Waals surface area contributed by atoms with Crippen molar-refractivity contribution in [3.8, 4) is 0 Å². The maximum atomic E-state index is 12.9. The van der Waals surface area contributed by atoms with Crippen molar-refractivity contribution in [2.75, 3.05) is 40.9 Å². The molecule has 0 heterocycles. The highest BCUT2D eigenvalue weighted by atomic mass is 31.2. The van der Waals surface area contributed by atoms with Crippen molar-refractivity contribution in [3.63, 3.8) is 0 Å². The largest absolute Gasteiger partial charge is 0.472 e. The summed E-state index contributed by atoms with van der Waals surface area (Å²) in [7, 11) is 1.58. The molecule has 0 aliphatic heterocycles. The molecule has 8 nitrogen and oxygen atoms in total. The summed E-state index contributed by atoms with van der Waals surface area (Å²) in [5.74, 6) is -0.173. The monoisotopic (exact) mass is 844 g/mol. The first-order valence-corrected chi connectivity index (χ1v) is 26.6. The number of likely N-dealkylation sites (N-methyl/N-ethyl adjacent to an activating group) is 1. The molecule has 0 aromatic rings. The van der Waals surface area contributed by atoms with Crippen molar-refractivity contribution in [2.24, 2.45) is 0 Å². The molecule has 0 aliphatic carbocycles. The SMILES string of the molecule is CCCCCCCCCCC/C=C/C(O)C(COP(=O)(O)OCC[N+](C)(C)C)NC(=O)CCCCCCCCCCCCCCCCCCCCCCCCCCC. The third-order valence-electron chi connectivity index (χ3n) is 11.5. The summed E-state index contributed by atoms with van der Waals surface area (Å²) >= 11 is 0. The zero-order valence-electron chi connectivity index (χ0n) is 39.3. The average Bonchev–Trinajstić information content (AvgIpc) is 3.17. The predicted octanol–water partition coefficient (Wildman–Crippen LogP) is 14.3. The van der Waals surface area contributed by atoms with Crippen molar-refractivity contribution in [2.45, 2.75) is 257 Å². The number of unbranched alkanes of at least 4 members (excludes halogenated alkanes) is 33. The molecule has 0 rings (SSSR count). The average molecular weight is 844 g/mol. The molecule has 1 amide bonds. The van der Waals surface area contributed by atoms with E-state index in [1.165, 1.54) is 186 Å². The molecule has 0 aromatic heterocycles. The number of amides is 1. The standard InChI is InChI=1S/C49H99N2O6P/c1-6-8-10-12-14-16-18-19-20-21-22-23-24-25-26-27-28-29-30-31-33-35-37-39-41-43-49(53)50-47(46-57-58(54,55)56-45-44-51(3,4)5)48(52)42-40-38-36-34-32-17-15-13-11-9-7-2/h40,42,47-48,52H,6-39,41,43-46H2,1-5H3,(H-,50,53,54,55)/p+1/b42-40+. The number of rotatable bonds is 46. The molecular formula is C49H100N2O6P+. The van der Waals surface area contributed by atoms with Gasteiger partial charge in [-0.25, -0.2) is 4.57 Å². The van der Waals surface area contributed by atoms with E-state index in [1.807, 2.05) is 27.2 Å². The Balaban J connectivity index is 4.12. The molecular weight excluding hydrogens is 744 g/mol. The number of aliphatic hydroxyl groups excluding tert-OH is 1. The molecule has 346 valence electrons. The Labute approximate surface area is 361 Å². The van der Waals surface area contributed by atoms with E-state index in [4.69, 9.17) is 9.05 Å². The van der Waals surface area contributed by atoms with Crippen molar-refractivity contribution >= 4 is 13.7 Å². The molecule has 3 atom stereocenters. The zero-order valence-corrected chi connectivity index (χ0v) is 40.2. The number of aliphatic hydroxyl groups is 1. The van der Waals surface area contributed by atoms with E-state index in [0.29, 0.717) is 17.4 Å². The van der Waals surface area contributed by atoms with Crippen molar-refractivity contribution < 1.29 is 32.9 Å². The summed E-state index contributed by atoms with van der Waals surface area (Å²) in [5, 5.41) is 13.8. The molecule has 0 bridgehead atoms. The van der Waals surface area contributed by atoms with Crippen LogP contribution in [-0.4, -0.2) is 73.4 Å². The second kappa shape index (κ2) is 41.6. The van der Waals surface area contributed by atoms with Gasteiger partial charge in [-0.3, -0.25) is 13.8 Å². The van der Waals surface area contributed by atoms with Gasteiger partial charge in [0.1, 0.15) is 13.2 Å². The van der Waals surface area contributed by atoms with Crippen LogP contribution in [0.25, 0.3) is 0 Å². The van der Waals surface area contributed by atoms with Crippen LogP contribution in [0.1, 0.15) is 245 Å². The van der Waals surface area contributed by atoms with E-state index >= 15 is 0 Å². The molecule has 0 saturated carbocycles. The van der Waals surface area contributed by atoms with Crippen LogP contribution in [-0.2, 0) is 18.4 Å². The maximum Gasteiger partial charge on any atom is 0.472 e. The van der Waals surface area contributed by atoms with E-state index in [2.05, 4.69) is 19.2 Å². The van der Waals surface area contributed by atoms with E-state index < -0.39 is 20.0 Å². The Bertz CT molecular complexity index is 958. The van der Waals surface area contributed by atoms with Crippen LogP contribution in [0.15, 0.2) is 12.2 Å². The van der Waals surface area contributed by atoms with E-state index in [-0.39, 0.29) is 19.1 Å². The minimum atomic E-state index is -4.33. The molecule has 3 unspecified atom stereocenters. The third-order valence-corrected chi connectivity index (χ3v) is 12.5. The molecule has 0 spiro atoms. The molecule has 0 fully saturated rings. The second-order valence-electron chi connectivity index (χ2n) is 18.6. The number of hydrogen-bond donors (Lipinski definition) is 3. The van der Waals surface area contributed by atoms with Crippen LogP contribution in [0, 0.1) is 0 Å². The predicted molar refractivity (Wildman–Crippen MR) is 249 cm³/mol. The minimum absolute atomic E-state index is 0.0646. The van der Waals surface area contributed by atoms with Crippen LogP contribution in [0.5, 0.6) is 0 Å². The fourth-order valence-corrected chi connectivity index (χ4v) is 8.25. The van der Waals surface area contributed by atoms with Gasteiger partial charge in [0, 0.05) is 6.42 Å². The number of allylic oxidation sites excluding steroid dienone is 1. The molecule has 9 heteroatoms. The van der Waals surface area contributed by atoms with Crippen LogP contribution in [0.4, 0.5) is 0 Å². The molecule has 0 aliphatic rings. The normalized spacial score (nSPS) is 14.3. The topological polar surface area (TPSA) is 105 Å². The molecule has 0 radical (unpaired) electrons. The van der Waals surface area contributed by atoms with E-state index in [9.17, 15) is 19.4 Å². The highest BCUT2D eigenvalue weighted by molar-refractivity contribution is 7.47. The van der Waals surface area contributed by atoms with E-state index in [0.717, 1.165) is 38.5 Å². The number of nitrogens with one attached hydrogen (secondary N) is 1. The molecule has 3 N–H and O–H groups in total. The first kappa shape index (κ1) is 57.2. The van der Waals surface area contributed by atoms with Gasteiger partial charge in [-0.05, 0) is 19.3 Å². The lowest BCUT2D eigenvalue weighted by Gasteiger charge is -2.25. The van der Waals surface area contributed by atoms with Gasteiger partial charge in [-0.2, -0.15) is 0 Å². The lowest BCUT2D eigenvalue weighted by atomic mass is 10.0. The molecule has 58 heavy (non-hydrogen) atoms. The van der Waals surface area contributed by atoms with Gasteiger partial charge < -0.3 is 19.8 Å². The molecule has 0 saturated heterocycles. The number of hydrogen-bond acceptors (Lipinski definition) is 5. The van der Waals surface area contributed by atoms with Crippen molar-refractivity contribution in [3.05, 3.63) is 12.2 Å². The first-order chi connectivity index (χ1) is 28.0. The third kappa shape index (κ3) is 43.3. The summed E-state index contributed by atoms with van der Waals surface area (Å²) in [4.78, 5) is 23.1.